The van der Waals surface area contributed by atoms with Crippen molar-refractivity contribution in [2.24, 2.45) is 0 Å². The molecule has 0 unspecified atom stereocenters. The van der Waals surface area contributed by atoms with Crippen LogP contribution in [0.15, 0.2) is 53.6 Å². The quantitative estimate of drug-likeness (QED) is 0.728. The van der Waals surface area contributed by atoms with Crippen LogP contribution in [-0.4, -0.2) is 30.5 Å². The van der Waals surface area contributed by atoms with Crippen LogP contribution in [0.25, 0.3) is 5.69 Å². The maximum atomic E-state index is 12.3. The van der Waals surface area contributed by atoms with Crippen molar-refractivity contribution in [1.29, 1.82) is 0 Å². The maximum Gasteiger partial charge on any atom is 0.272 e. The van der Waals surface area contributed by atoms with E-state index in [0.29, 0.717) is 12.4 Å². The van der Waals surface area contributed by atoms with E-state index in [2.05, 4.69) is 20.6 Å². The minimum Gasteiger partial charge on any atom is -0.343 e. The van der Waals surface area contributed by atoms with E-state index >= 15 is 0 Å². The number of amides is 1. The first-order chi connectivity index (χ1) is 12.2. The summed E-state index contributed by atoms with van der Waals surface area (Å²) in [5.41, 5.74) is 0.882. The van der Waals surface area contributed by atoms with E-state index in [-0.39, 0.29) is 23.7 Å². The Morgan fingerprint density at radius 2 is 1.96 bits per heavy atom. The molecule has 25 heavy (non-hydrogen) atoms. The van der Waals surface area contributed by atoms with Gasteiger partial charge in [0.25, 0.3) is 11.5 Å². The summed E-state index contributed by atoms with van der Waals surface area (Å²) >= 11 is 0. The van der Waals surface area contributed by atoms with Crippen molar-refractivity contribution in [3.63, 3.8) is 0 Å². The lowest BCUT2D eigenvalue weighted by atomic mass is 10.3. The van der Waals surface area contributed by atoms with Gasteiger partial charge < -0.3 is 5.32 Å². The molecule has 0 spiro atoms. The average molecular weight is 338 g/mol. The Morgan fingerprint density at radius 1 is 1.16 bits per heavy atom. The largest absolute Gasteiger partial charge is 0.343 e. The van der Waals surface area contributed by atoms with Crippen LogP contribution >= 0.6 is 0 Å². The van der Waals surface area contributed by atoms with Gasteiger partial charge in [-0.2, -0.15) is 5.10 Å². The van der Waals surface area contributed by atoms with Crippen molar-refractivity contribution >= 4 is 5.91 Å². The topological polar surface area (TPSA) is 94.7 Å². The van der Waals surface area contributed by atoms with Crippen LogP contribution in [0.4, 0.5) is 0 Å². The predicted octanol–water partition coefficient (Wildman–Crippen LogP) is 1.16. The van der Waals surface area contributed by atoms with Gasteiger partial charge >= 0.3 is 0 Å². The highest BCUT2D eigenvalue weighted by Crippen LogP contribution is 2.08. The number of hydrogen-bond acceptors (Lipinski definition) is 5. The summed E-state index contributed by atoms with van der Waals surface area (Å²) in [6, 6.07) is 12.4. The Morgan fingerprint density at radius 3 is 2.72 bits per heavy atom. The second-order valence-electron chi connectivity index (χ2n) is 5.42. The summed E-state index contributed by atoms with van der Waals surface area (Å²) in [5.74, 6) is 0.230. The molecule has 0 fully saturated rings. The number of rotatable bonds is 6. The molecule has 0 saturated heterocycles. The molecule has 2 heterocycles. The number of aromatic nitrogens is 5. The highest BCUT2D eigenvalue weighted by atomic mass is 16.2. The van der Waals surface area contributed by atoms with E-state index in [4.69, 9.17) is 0 Å². The third-order valence-electron chi connectivity index (χ3n) is 3.59. The SMILES string of the molecule is CCCn1nc(C(=O)NCc2nncn2-c2ccccc2)ccc1=O. The van der Waals surface area contributed by atoms with Crippen LogP contribution in [0.5, 0.6) is 0 Å². The molecule has 3 aromatic rings. The van der Waals surface area contributed by atoms with Crippen LogP contribution in [0, 0.1) is 0 Å². The molecule has 128 valence electrons. The van der Waals surface area contributed by atoms with Gasteiger partial charge in [0.05, 0.1) is 6.54 Å². The van der Waals surface area contributed by atoms with Gasteiger partial charge in [0.2, 0.25) is 0 Å². The van der Waals surface area contributed by atoms with E-state index in [9.17, 15) is 9.59 Å². The molecule has 0 saturated carbocycles. The zero-order valence-corrected chi connectivity index (χ0v) is 13.8. The first kappa shape index (κ1) is 16.6. The van der Waals surface area contributed by atoms with Gasteiger partial charge in [0.1, 0.15) is 12.0 Å². The number of hydrogen-bond donors (Lipinski definition) is 1. The summed E-state index contributed by atoms with van der Waals surface area (Å²) < 4.78 is 3.09. The number of aryl methyl sites for hydroxylation is 1. The molecule has 1 amide bonds. The van der Waals surface area contributed by atoms with Gasteiger partial charge in [-0.25, -0.2) is 4.68 Å². The highest BCUT2D eigenvalue weighted by molar-refractivity contribution is 5.91. The summed E-state index contributed by atoms with van der Waals surface area (Å²) in [6.45, 7) is 2.61. The summed E-state index contributed by atoms with van der Waals surface area (Å²) in [4.78, 5) is 24.0. The zero-order valence-electron chi connectivity index (χ0n) is 13.8. The lowest BCUT2D eigenvalue weighted by Crippen LogP contribution is -2.30. The van der Waals surface area contributed by atoms with E-state index in [1.807, 2.05) is 37.3 Å². The normalized spacial score (nSPS) is 10.6. The summed E-state index contributed by atoms with van der Waals surface area (Å²) in [5, 5.41) is 14.8. The second kappa shape index (κ2) is 7.52. The molecular formula is C17H18N6O2. The monoisotopic (exact) mass is 338 g/mol. The second-order valence-corrected chi connectivity index (χ2v) is 5.42. The molecule has 1 N–H and O–H groups in total. The van der Waals surface area contributed by atoms with Crippen molar-refractivity contribution < 1.29 is 4.79 Å². The standard InChI is InChI=1S/C17H18N6O2/c1-2-10-23-16(24)9-8-14(21-23)17(25)18-11-15-20-19-12-22(15)13-6-4-3-5-7-13/h3-9,12H,2,10-11H2,1H3,(H,18,25). The van der Waals surface area contributed by atoms with E-state index in [1.165, 1.54) is 16.8 Å². The minimum atomic E-state index is -0.368. The molecule has 0 aliphatic heterocycles. The summed E-state index contributed by atoms with van der Waals surface area (Å²) in [6.07, 6.45) is 2.36. The minimum absolute atomic E-state index is 0.193. The number of carbonyl (C=O) groups is 1. The number of carbonyl (C=O) groups excluding carboxylic acids is 1. The fourth-order valence-electron chi connectivity index (χ4n) is 2.38. The third-order valence-corrected chi connectivity index (χ3v) is 3.59. The van der Waals surface area contributed by atoms with Crippen LogP contribution < -0.4 is 10.9 Å². The van der Waals surface area contributed by atoms with Gasteiger partial charge in [0.15, 0.2) is 5.82 Å². The Kier molecular flexibility index (Phi) is 4.98. The number of benzene rings is 1. The summed E-state index contributed by atoms with van der Waals surface area (Å²) in [7, 11) is 0. The molecule has 0 aliphatic rings. The Balaban J connectivity index is 1.73. The number of nitrogens with one attached hydrogen (secondary N) is 1. The van der Waals surface area contributed by atoms with E-state index in [0.717, 1.165) is 12.1 Å². The Labute approximate surface area is 144 Å². The highest BCUT2D eigenvalue weighted by Gasteiger charge is 2.12. The van der Waals surface area contributed by atoms with Crippen LogP contribution in [0.3, 0.4) is 0 Å². The molecule has 8 heteroatoms. The van der Waals surface area contributed by atoms with E-state index < -0.39 is 0 Å². The molecule has 3 rings (SSSR count). The predicted molar refractivity (Wildman–Crippen MR) is 91.3 cm³/mol. The smallest absolute Gasteiger partial charge is 0.272 e. The van der Waals surface area contributed by atoms with Crippen molar-refractivity contribution in [2.45, 2.75) is 26.4 Å². The zero-order chi connectivity index (χ0) is 17.6. The van der Waals surface area contributed by atoms with Gasteiger partial charge in [-0.1, -0.05) is 25.1 Å². The lowest BCUT2D eigenvalue weighted by Gasteiger charge is -2.08. The van der Waals surface area contributed by atoms with Gasteiger partial charge in [-0.05, 0) is 24.6 Å². The lowest BCUT2D eigenvalue weighted by molar-refractivity contribution is 0.0942. The first-order valence-corrected chi connectivity index (χ1v) is 7.99. The van der Waals surface area contributed by atoms with Crippen LogP contribution in [0.1, 0.15) is 29.7 Å². The molecular weight excluding hydrogens is 320 g/mol. The number of para-hydroxylation sites is 1. The van der Waals surface area contributed by atoms with Crippen molar-refractivity contribution in [2.75, 3.05) is 0 Å². The third kappa shape index (κ3) is 3.79. The van der Waals surface area contributed by atoms with Gasteiger partial charge in [-0.15, -0.1) is 10.2 Å². The molecule has 0 aliphatic carbocycles. The molecule has 0 atom stereocenters. The van der Waals surface area contributed by atoms with Crippen LogP contribution in [0.2, 0.25) is 0 Å². The van der Waals surface area contributed by atoms with Crippen molar-refractivity contribution in [1.82, 2.24) is 29.9 Å². The van der Waals surface area contributed by atoms with Crippen LogP contribution in [-0.2, 0) is 13.1 Å². The molecule has 1 aromatic carbocycles. The maximum absolute atomic E-state index is 12.3. The first-order valence-electron chi connectivity index (χ1n) is 7.99. The van der Waals surface area contributed by atoms with Crippen molar-refractivity contribution in [3.8, 4) is 5.69 Å². The molecule has 0 radical (unpaired) electrons. The Bertz CT molecular complexity index is 916. The van der Waals surface area contributed by atoms with Crippen molar-refractivity contribution in [3.05, 3.63) is 70.7 Å². The van der Waals surface area contributed by atoms with Gasteiger partial charge in [0, 0.05) is 18.3 Å². The number of nitrogens with zero attached hydrogens (tertiary/aromatic N) is 5. The molecule has 8 nitrogen and oxygen atoms in total. The fourth-order valence-corrected chi connectivity index (χ4v) is 2.38. The molecule has 0 bridgehead atoms. The Hall–Kier alpha value is -3.29. The average Bonchev–Trinajstić information content (AvgIpc) is 3.11. The van der Waals surface area contributed by atoms with Gasteiger partial charge in [-0.3, -0.25) is 14.2 Å². The fraction of sp³-hybridized carbons (Fsp3) is 0.235. The van der Waals surface area contributed by atoms with E-state index in [1.54, 1.807) is 10.9 Å². The molecule has 2 aromatic heterocycles.